The Morgan fingerprint density at radius 2 is 2.28 bits per heavy atom. The van der Waals surface area contributed by atoms with Crippen molar-refractivity contribution in [2.45, 2.75) is 25.9 Å². The Balaban J connectivity index is 2.32. The van der Waals surface area contributed by atoms with E-state index in [1.54, 1.807) is 17.9 Å². The van der Waals surface area contributed by atoms with Crippen molar-refractivity contribution in [3.63, 3.8) is 0 Å². The van der Waals surface area contributed by atoms with Gasteiger partial charge in [0.1, 0.15) is 0 Å². The molecule has 18 heavy (non-hydrogen) atoms. The van der Waals surface area contributed by atoms with Crippen molar-refractivity contribution < 1.29 is 14.7 Å². The van der Waals surface area contributed by atoms with Gasteiger partial charge in [0.25, 0.3) is 0 Å². The minimum Gasteiger partial charge on any atom is -0.481 e. The SMILES string of the molecule is CC(Cn1cccn1)NC(=O)N(C)CCC(=O)O. The topological polar surface area (TPSA) is 87.5 Å². The molecule has 2 amide bonds. The van der Waals surface area contributed by atoms with Crippen LogP contribution in [0.25, 0.3) is 0 Å². The second kappa shape index (κ2) is 6.63. The van der Waals surface area contributed by atoms with Crippen molar-refractivity contribution in [3.05, 3.63) is 18.5 Å². The maximum Gasteiger partial charge on any atom is 0.317 e. The molecule has 1 aromatic heterocycles. The fourth-order valence-electron chi connectivity index (χ4n) is 1.42. The predicted octanol–water partition coefficient (Wildman–Crippen LogP) is 0.388. The summed E-state index contributed by atoms with van der Waals surface area (Å²) in [6.45, 7) is 2.63. The highest BCUT2D eigenvalue weighted by Gasteiger charge is 2.13. The monoisotopic (exact) mass is 254 g/mol. The summed E-state index contributed by atoms with van der Waals surface area (Å²) >= 11 is 0. The van der Waals surface area contributed by atoms with E-state index in [-0.39, 0.29) is 25.0 Å². The molecule has 0 bridgehead atoms. The number of amides is 2. The number of hydrogen-bond acceptors (Lipinski definition) is 3. The number of urea groups is 1. The van der Waals surface area contributed by atoms with Crippen molar-refractivity contribution >= 4 is 12.0 Å². The number of carbonyl (C=O) groups is 2. The van der Waals surface area contributed by atoms with E-state index in [2.05, 4.69) is 10.4 Å². The maximum atomic E-state index is 11.7. The Hall–Kier alpha value is -2.05. The zero-order chi connectivity index (χ0) is 13.5. The van der Waals surface area contributed by atoms with E-state index in [0.717, 1.165) is 0 Å². The molecule has 0 fully saturated rings. The fourth-order valence-corrected chi connectivity index (χ4v) is 1.42. The average molecular weight is 254 g/mol. The van der Waals surface area contributed by atoms with Crippen molar-refractivity contribution in [2.24, 2.45) is 0 Å². The van der Waals surface area contributed by atoms with Gasteiger partial charge in [0.2, 0.25) is 0 Å². The van der Waals surface area contributed by atoms with Crippen molar-refractivity contribution in [3.8, 4) is 0 Å². The molecule has 1 rings (SSSR count). The molecule has 7 nitrogen and oxygen atoms in total. The smallest absolute Gasteiger partial charge is 0.317 e. The summed E-state index contributed by atoms with van der Waals surface area (Å²) in [4.78, 5) is 23.4. The van der Waals surface area contributed by atoms with Gasteiger partial charge in [-0.1, -0.05) is 0 Å². The van der Waals surface area contributed by atoms with E-state index in [0.29, 0.717) is 6.54 Å². The van der Waals surface area contributed by atoms with Crippen LogP contribution in [0.3, 0.4) is 0 Å². The molecule has 0 saturated carbocycles. The molecule has 0 radical (unpaired) electrons. The number of nitrogens with zero attached hydrogens (tertiary/aromatic N) is 3. The Kier molecular flexibility index (Phi) is 5.16. The van der Waals surface area contributed by atoms with Crippen LogP contribution in [0, 0.1) is 0 Å². The van der Waals surface area contributed by atoms with E-state index in [1.165, 1.54) is 4.90 Å². The number of aromatic nitrogens is 2. The minimum atomic E-state index is -0.917. The highest BCUT2D eigenvalue weighted by atomic mass is 16.4. The number of rotatable bonds is 6. The van der Waals surface area contributed by atoms with Crippen molar-refractivity contribution in [1.82, 2.24) is 20.0 Å². The molecular formula is C11H18N4O3. The van der Waals surface area contributed by atoms with Crippen LogP contribution in [-0.2, 0) is 11.3 Å². The predicted molar refractivity (Wildman–Crippen MR) is 65.1 cm³/mol. The molecule has 100 valence electrons. The summed E-state index contributed by atoms with van der Waals surface area (Å²) in [7, 11) is 1.57. The van der Waals surface area contributed by atoms with Gasteiger partial charge >= 0.3 is 12.0 Å². The highest BCUT2D eigenvalue weighted by Crippen LogP contribution is 1.94. The third-order valence-corrected chi connectivity index (χ3v) is 2.40. The van der Waals surface area contributed by atoms with E-state index in [4.69, 9.17) is 5.11 Å². The molecule has 0 aliphatic heterocycles. The van der Waals surface area contributed by atoms with Crippen LogP contribution in [0.4, 0.5) is 4.79 Å². The van der Waals surface area contributed by atoms with Crippen LogP contribution >= 0.6 is 0 Å². The lowest BCUT2D eigenvalue weighted by Crippen LogP contribution is -2.44. The molecule has 0 aliphatic rings. The Morgan fingerprint density at radius 1 is 1.56 bits per heavy atom. The largest absolute Gasteiger partial charge is 0.481 e. The molecule has 1 aromatic rings. The van der Waals surface area contributed by atoms with Crippen LogP contribution in [-0.4, -0.2) is 51.4 Å². The standard InChI is InChI=1S/C11H18N4O3/c1-9(8-15-6-3-5-12-15)13-11(18)14(2)7-4-10(16)17/h3,5-6,9H,4,7-8H2,1-2H3,(H,13,18)(H,16,17). The molecule has 7 heteroatoms. The van der Waals surface area contributed by atoms with Gasteiger partial charge in [-0.25, -0.2) is 4.79 Å². The average Bonchev–Trinajstić information content (AvgIpc) is 2.78. The number of nitrogens with one attached hydrogen (secondary N) is 1. The van der Waals surface area contributed by atoms with E-state index >= 15 is 0 Å². The summed E-state index contributed by atoms with van der Waals surface area (Å²) in [5, 5.41) is 15.3. The summed E-state index contributed by atoms with van der Waals surface area (Å²) < 4.78 is 1.72. The number of carbonyl (C=O) groups excluding carboxylic acids is 1. The second-order valence-electron chi connectivity index (χ2n) is 4.14. The van der Waals surface area contributed by atoms with Gasteiger partial charge in [-0.05, 0) is 13.0 Å². The first-order valence-electron chi connectivity index (χ1n) is 5.70. The van der Waals surface area contributed by atoms with Gasteiger partial charge in [0.05, 0.1) is 13.0 Å². The lowest BCUT2D eigenvalue weighted by Gasteiger charge is -2.20. The Bertz CT molecular complexity index is 391. The maximum absolute atomic E-state index is 11.7. The third kappa shape index (κ3) is 4.86. The lowest BCUT2D eigenvalue weighted by molar-refractivity contribution is -0.137. The molecule has 1 heterocycles. The first-order valence-corrected chi connectivity index (χ1v) is 5.70. The lowest BCUT2D eigenvalue weighted by atomic mass is 10.3. The highest BCUT2D eigenvalue weighted by molar-refractivity contribution is 5.75. The van der Waals surface area contributed by atoms with Crippen LogP contribution < -0.4 is 5.32 Å². The summed E-state index contributed by atoms with van der Waals surface area (Å²) in [5.74, 6) is -0.917. The molecule has 1 atom stereocenters. The number of aliphatic carboxylic acids is 1. The van der Waals surface area contributed by atoms with Gasteiger partial charge in [-0.2, -0.15) is 5.10 Å². The third-order valence-electron chi connectivity index (χ3n) is 2.40. The summed E-state index contributed by atoms with van der Waals surface area (Å²) in [6.07, 6.45) is 3.43. The van der Waals surface area contributed by atoms with Gasteiger partial charge < -0.3 is 15.3 Å². The van der Waals surface area contributed by atoms with Gasteiger partial charge in [-0.15, -0.1) is 0 Å². The minimum absolute atomic E-state index is 0.0581. The van der Waals surface area contributed by atoms with E-state index in [9.17, 15) is 9.59 Å². The molecule has 2 N–H and O–H groups in total. The quantitative estimate of drug-likeness (QED) is 0.768. The van der Waals surface area contributed by atoms with E-state index in [1.807, 2.05) is 19.2 Å². The number of carboxylic acids is 1. The van der Waals surface area contributed by atoms with Crippen LogP contribution in [0.15, 0.2) is 18.5 Å². The first-order chi connectivity index (χ1) is 8.49. The zero-order valence-electron chi connectivity index (χ0n) is 10.5. The molecule has 0 saturated heterocycles. The van der Waals surface area contributed by atoms with E-state index < -0.39 is 5.97 Å². The Labute approximate surface area is 105 Å². The zero-order valence-corrected chi connectivity index (χ0v) is 10.5. The van der Waals surface area contributed by atoms with Gasteiger partial charge in [0, 0.05) is 32.0 Å². The molecular weight excluding hydrogens is 236 g/mol. The molecule has 0 aromatic carbocycles. The van der Waals surface area contributed by atoms with Gasteiger partial charge in [-0.3, -0.25) is 9.48 Å². The Morgan fingerprint density at radius 3 is 2.83 bits per heavy atom. The van der Waals surface area contributed by atoms with Gasteiger partial charge in [0.15, 0.2) is 0 Å². The second-order valence-corrected chi connectivity index (χ2v) is 4.14. The van der Waals surface area contributed by atoms with Crippen LogP contribution in [0.1, 0.15) is 13.3 Å². The fraction of sp³-hybridized carbons (Fsp3) is 0.545. The number of hydrogen-bond donors (Lipinski definition) is 2. The van der Waals surface area contributed by atoms with Crippen molar-refractivity contribution in [1.29, 1.82) is 0 Å². The summed E-state index contributed by atoms with van der Waals surface area (Å²) in [6, 6.07) is 1.45. The normalized spacial score (nSPS) is 11.9. The molecule has 1 unspecified atom stereocenters. The number of carboxylic acid groups (broad SMARTS) is 1. The van der Waals surface area contributed by atoms with Crippen molar-refractivity contribution in [2.75, 3.05) is 13.6 Å². The van der Waals surface area contributed by atoms with Crippen LogP contribution in [0.5, 0.6) is 0 Å². The summed E-state index contributed by atoms with van der Waals surface area (Å²) in [5.41, 5.74) is 0. The molecule has 0 spiro atoms. The van der Waals surface area contributed by atoms with Crippen LogP contribution in [0.2, 0.25) is 0 Å². The molecule has 0 aliphatic carbocycles. The first kappa shape index (κ1) is 14.0.